The lowest BCUT2D eigenvalue weighted by Gasteiger charge is -2.19. The quantitative estimate of drug-likeness (QED) is 0.378. The summed E-state index contributed by atoms with van der Waals surface area (Å²) in [6, 6.07) is 5.43. The zero-order valence-electron chi connectivity index (χ0n) is 18.2. The number of hydrogen-bond acceptors (Lipinski definition) is 5. The number of carbonyl (C=O) groups excluding carboxylic acids is 1. The van der Waals surface area contributed by atoms with E-state index in [4.69, 9.17) is 14.2 Å². The van der Waals surface area contributed by atoms with E-state index in [0.29, 0.717) is 23.3 Å². The number of aromatic nitrogens is 1. The molecule has 0 saturated heterocycles. The van der Waals surface area contributed by atoms with E-state index in [1.807, 2.05) is 32.0 Å². The molecule has 0 radical (unpaired) electrons. The van der Waals surface area contributed by atoms with Crippen molar-refractivity contribution in [2.24, 2.45) is 0 Å². The third-order valence-corrected chi connectivity index (χ3v) is 4.83. The topological polar surface area (TPSA) is 66.8 Å². The molecule has 0 aliphatic rings. The minimum absolute atomic E-state index is 0.0815. The molecule has 0 saturated carbocycles. The summed E-state index contributed by atoms with van der Waals surface area (Å²) in [5, 5.41) is 0.698. The molecule has 2 aromatic rings. The third-order valence-electron chi connectivity index (χ3n) is 4.83. The molecule has 6 heteroatoms. The second-order valence-electron chi connectivity index (χ2n) is 7.52. The highest BCUT2D eigenvalue weighted by Gasteiger charge is 2.22. The van der Waals surface area contributed by atoms with E-state index in [1.54, 1.807) is 4.57 Å². The molecule has 1 heterocycles. The number of methoxy groups -OCH3 is 1. The van der Waals surface area contributed by atoms with Crippen LogP contribution in [-0.4, -0.2) is 24.3 Å². The number of benzene rings is 1. The second kappa shape index (κ2) is 10.9. The number of fused-ring (bicyclic) bond motifs is 1. The van der Waals surface area contributed by atoms with Crippen LogP contribution >= 0.6 is 0 Å². The van der Waals surface area contributed by atoms with Crippen LogP contribution in [0, 0.1) is 0 Å². The number of pyridine rings is 1. The summed E-state index contributed by atoms with van der Waals surface area (Å²) in [4.78, 5) is 24.5. The fourth-order valence-corrected chi connectivity index (χ4v) is 3.45. The Hall–Kier alpha value is -2.50. The van der Waals surface area contributed by atoms with Crippen molar-refractivity contribution >= 4 is 16.9 Å². The van der Waals surface area contributed by atoms with Gasteiger partial charge in [-0.1, -0.05) is 39.0 Å². The van der Waals surface area contributed by atoms with E-state index in [1.165, 1.54) is 39.7 Å². The first-order valence-corrected chi connectivity index (χ1v) is 10.5. The SMILES string of the molecule is CCCCCCCCOc1ccc2c(OC)c(OC(C)=O)c(=O)n(C(C)C)c2c1. The standard InChI is InChI=1S/C23H33NO5/c1-6-7-8-9-10-11-14-28-18-12-13-19-20(15-18)24(16(2)3)23(26)22(21(19)27-5)29-17(4)25/h12-13,15-16H,6-11,14H2,1-5H3. The average Bonchev–Trinajstić information content (AvgIpc) is 2.67. The minimum Gasteiger partial charge on any atom is -0.494 e. The highest BCUT2D eigenvalue weighted by atomic mass is 16.6. The first-order chi connectivity index (χ1) is 13.9. The Balaban J connectivity index is 2.31. The first-order valence-electron chi connectivity index (χ1n) is 10.5. The van der Waals surface area contributed by atoms with Gasteiger partial charge in [0.25, 0.3) is 5.56 Å². The zero-order valence-corrected chi connectivity index (χ0v) is 18.2. The maximum Gasteiger partial charge on any atom is 0.308 e. The number of ether oxygens (including phenoxy) is 3. The van der Waals surface area contributed by atoms with E-state index in [9.17, 15) is 9.59 Å². The molecule has 0 N–H and O–H groups in total. The highest BCUT2D eigenvalue weighted by Crippen LogP contribution is 2.35. The van der Waals surface area contributed by atoms with Crippen LogP contribution in [0.4, 0.5) is 0 Å². The van der Waals surface area contributed by atoms with Crippen molar-refractivity contribution in [1.29, 1.82) is 0 Å². The van der Waals surface area contributed by atoms with Crippen molar-refractivity contribution in [3.63, 3.8) is 0 Å². The van der Waals surface area contributed by atoms with E-state index in [-0.39, 0.29) is 17.5 Å². The molecule has 0 fully saturated rings. The van der Waals surface area contributed by atoms with Crippen LogP contribution in [0.2, 0.25) is 0 Å². The van der Waals surface area contributed by atoms with Crippen molar-refractivity contribution in [3.05, 3.63) is 28.6 Å². The molecule has 0 aliphatic carbocycles. The number of carbonyl (C=O) groups is 1. The molecule has 0 amide bonds. The van der Waals surface area contributed by atoms with Crippen molar-refractivity contribution in [2.75, 3.05) is 13.7 Å². The van der Waals surface area contributed by atoms with Crippen LogP contribution in [0.1, 0.15) is 72.3 Å². The van der Waals surface area contributed by atoms with E-state index in [2.05, 4.69) is 6.92 Å². The van der Waals surface area contributed by atoms with Gasteiger partial charge in [-0.25, -0.2) is 0 Å². The van der Waals surface area contributed by atoms with Crippen LogP contribution in [0.5, 0.6) is 17.2 Å². The lowest BCUT2D eigenvalue weighted by molar-refractivity contribution is -0.132. The van der Waals surface area contributed by atoms with Crippen LogP contribution in [0.3, 0.4) is 0 Å². The van der Waals surface area contributed by atoms with Gasteiger partial charge in [-0.3, -0.25) is 9.59 Å². The van der Waals surface area contributed by atoms with Gasteiger partial charge in [-0.2, -0.15) is 0 Å². The number of nitrogens with zero attached hydrogens (tertiary/aromatic N) is 1. The van der Waals surface area contributed by atoms with Crippen LogP contribution in [-0.2, 0) is 4.79 Å². The van der Waals surface area contributed by atoms with Crippen molar-refractivity contribution < 1.29 is 19.0 Å². The number of unbranched alkanes of at least 4 members (excludes halogenated alkanes) is 5. The number of esters is 1. The van der Waals surface area contributed by atoms with Gasteiger partial charge in [0.05, 0.1) is 19.2 Å². The molecule has 2 rings (SSSR count). The van der Waals surface area contributed by atoms with E-state index >= 15 is 0 Å². The average molecular weight is 404 g/mol. The lowest BCUT2D eigenvalue weighted by Crippen LogP contribution is -2.26. The van der Waals surface area contributed by atoms with Crippen LogP contribution in [0.25, 0.3) is 10.9 Å². The fraction of sp³-hybridized carbons (Fsp3) is 0.565. The second-order valence-corrected chi connectivity index (χ2v) is 7.52. The maximum absolute atomic E-state index is 13.0. The molecule has 0 spiro atoms. The lowest BCUT2D eigenvalue weighted by atomic mass is 10.1. The smallest absolute Gasteiger partial charge is 0.308 e. The van der Waals surface area contributed by atoms with Crippen molar-refractivity contribution in [1.82, 2.24) is 4.57 Å². The van der Waals surface area contributed by atoms with Crippen molar-refractivity contribution in [2.45, 2.75) is 72.3 Å². The van der Waals surface area contributed by atoms with Crippen LogP contribution < -0.4 is 19.8 Å². The van der Waals surface area contributed by atoms with Gasteiger partial charge in [-0.05, 0) is 32.4 Å². The zero-order chi connectivity index (χ0) is 21.4. The Morgan fingerprint density at radius 3 is 2.38 bits per heavy atom. The van der Waals surface area contributed by atoms with Gasteiger partial charge >= 0.3 is 5.97 Å². The summed E-state index contributed by atoms with van der Waals surface area (Å²) < 4.78 is 18.1. The molecule has 1 aromatic heterocycles. The summed E-state index contributed by atoms with van der Waals surface area (Å²) >= 11 is 0. The Kier molecular flexibility index (Phi) is 8.55. The molecule has 0 atom stereocenters. The molecule has 6 nitrogen and oxygen atoms in total. The molecular weight excluding hydrogens is 370 g/mol. The highest BCUT2D eigenvalue weighted by molar-refractivity contribution is 5.90. The first kappa shape index (κ1) is 22.8. The summed E-state index contributed by atoms with van der Waals surface area (Å²) in [6.45, 7) is 7.95. The van der Waals surface area contributed by atoms with Gasteiger partial charge in [0.15, 0.2) is 5.75 Å². The maximum atomic E-state index is 13.0. The minimum atomic E-state index is -0.561. The Morgan fingerprint density at radius 1 is 1.07 bits per heavy atom. The number of rotatable bonds is 11. The summed E-state index contributed by atoms with van der Waals surface area (Å²) in [5.74, 6) is 0.331. The third kappa shape index (κ3) is 5.75. The summed E-state index contributed by atoms with van der Waals surface area (Å²) in [6.07, 6.45) is 7.20. The predicted molar refractivity (Wildman–Crippen MR) is 115 cm³/mol. The van der Waals surface area contributed by atoms with Gasteiger partial charge in [0.1, 0.15) is 5.75 Å². The van der Waals surface area contributed by atoms with Crippen molar-refractivity contribution in [3.8, 4) is 17.2 Å². The number of hydrogen-bond donors (Lipinski definition) is 0. The normalized spacial score (nSPS) is 11.1. The molecule has 29 heavy (non-hydrogen) atoms. The van der Waals surface area contributed by atoms with Crippen LogP contribution in [0.15, 0.2) is 23.0 Å². The van der Waals surface area contributed by atoms with Gasteiger partial charge in [0.2, 0.25) is 5.75 Å². The fourth-order valence-electron chi connectivity index (χ4n) is 3.45. The molecule has 0 unspecified atom stereocenters. The largest absolute Gasteiger partial charge is 0.494 e. The Bertz CT molecular complexity index is 885. The summed E-state index contributed by atoms with van der Waals surface area (Å²) in [5.41, 5.74) is 0.297. The predicted octanol–water partition coefficient (Wildman–Crippen LogP) is 5.26. The van der Waals surface area contributed by atoms with Gasteiger partial charge in [-0.15, -0.1) is 0 Å². The Morgan fingerprint density at radius 2 is 1.76 bits per heavy atom. The molecule has 0 aliphatic heterocycles. The molecule has 160 valence electrons. The Labute approximate surface area is 172 Å². The van der Waals surface area contributed by atoms with E-state index in [0.717, 1.165) is 12.8 Å². The monoisotopic (exact) mass is 403 g/mol. The van der Waals surface area contributed by atoms with E-state index < -0.39 is 11.5 Å². The van der Waals surface area contributed by atoms with Gasteiger partial charge in [0, 0.05) is 24.4 Å². The summed E-state index contributed by atoms with van der Waals surface area (Å²) in [7, 11) is 1.46. The molecule has 0 bridgehead atoms. The molecule has 1 aromatic carbocycles. The van der Waals surface area contributed by atoms with Gasteiger partial charge < -0.3 is 18.8 Å². The molecular formula is C23H33NO5.